The van der Waals surface area contributed by atoms with Crippen molar-refractivity contribution < 1.29 is 17.5 Å². The first-order chi connectivity index (χ1) is 14.5. The van der Waals surface area contributed by atoms with Crippen molar-refractivity contribution in [2.75, 3.05) is 26.2 Å². The molecule has 2 saturated heterocycles. The molecule has 2 aliphatic heterocycles. The first-order valence-corrected chi connectivity index (χ1v) is 12.1. The zero-order chi connectivity index (χ0) is 21.0. The molecule has 0 spiro atoms. The van der Waals surface area contributed by atoms with E-state index in [0.29, 0.717) is 24.7 Å². The van der Waals surface area contributed by atoms with E-state index in [0.717, 1.165) is 44.5 Å². The van der Waals surface area contributed by atoms with Crippen LogP contribution in [-0.2, 0) is 15.8 Å². The van der Waals surface area contributed by atoms with E-state index in [2.05, 4.69) is 9.88 Å². The summed E-state index contributed by atoms with van der Waals surface area (Å²) in [4.78, 5) is 6.49. The molecular formula is C22H28FN3O3S. The minimum absolute atomic E-state index is 0.0737. The van der Waals surface area contributed by atoms with Crippen molar-refractivity contribution in [3.05, 3.63) is 60.2 Å². The highest BCUT2D eigenvalue weighted by atomic mass is 32.2. The van der Waals surface area contributed by atoms with Crippen molar-refractivity contribution in [3.63, 3.8) is 0 Å². The molecule has 0 saturated carbocycles. The summed E-state index contributed by atoms with van der Waals surface area (Å²) in [6.07, 6.45) is 7.35. The number of nitrogens with zero attached hydrogens (tertiary/aromatic N) is 3. The Morgan fingerprint density at radius 2 is 1.57 bits per heavy atom. The summed E-state index contributed by atoms with van der Waals surface area (Å²) in [5.41, 5.74) is 0.620. The van der Waals surface area contributed by atoms with Crippen molar-refractivity contribution in [2.24, 2.45) is 0 Å². The van der Waals surface area contributed by atoms with Gasteiger partial charge >= 0.3 is 0 Å². The number of likely N-dealkylation sites (tertiary alicyclic amines) is 1. The lowest BCUT2D eigenvalue weighted by Gasteiger charge is -2.41. The molecule has 4 rings (SSSR count). The van der Waals surface area contributed by atoms with E-state index in [9.17, 15) is 12.8 Å². The number of hydrogen-bond donors (Lipinski definition) is 0. The van der Waals surface area contributed by atoms with E-state index in [4.69, 9.17) is 4.74 Å². The van der Waals surface area contributed by atoms with Gasteiger partial charge in [0.1, 0.15) is 17.7 Å². The fraction of sp³-hybridized carbons (Fsp3) is 0.500. The average Bonchev–Trinajstić information content (AvgIpc) is 2.77. The topological polar surface area (TPSA) is 62.7 Å². The van der Waals surface area contributed by atoms with E-state index in [-0.39, 0.29) is 17.7 Å². The van der Waals surface area contributed by atoms with E-state index in [1.807, 2.05) is 12.1 Å². The number of ether oxygens (including phenoxy) is 1. The Bertz CT molecular complexity index is 908. The van der Waals surface area contributed by atoms with E-state index in [1.54, 1.807) is 16.7 Å². The maximum Gasteiger partial charge on any atom is 0.218 e. The fourth-order valence-corrected chi connectivity index (χ4v) is 5.90. The highest BCUT2D eigenvalue weighted by Crippen LogP contribution is 2.25. The summed E-state index contributed by atoms with van der Waals surface area (Å²) in [5.74, 6) is 0.436. The molecule has 2 aromatic rings. The number of benzene rings is 1. The number of piperidine rings is 2. The second-order valence-corrected chi connectivity index (χ2v) is 10.0. The molecule has 8 heteroatoms. The van der Waals surface area contributed by atoms with Crippen molar-refractivity contribution in [2.45, 2.75) is 43.6 Å². The Balaban J connectivity index is 1.24. The van der Waals surface area contributed by atoms with Crippen LogP contribution in [-0.4, -0.2) is 60.9 Å². The maximum atomic E-state index is 13.1. The molecule has 162 valence electrons. The number of rotatable bonds is 6. The fourth-order valence-electron chi connectivity index (χ4n) is 4.34. The van der Waals surface area contributed by atoms with Gasteiger partial charge in [0, 0.05) is 44.6 Å². The Morgan fingerprint density at radius 1 is 0.933 bits per heavy atom. The molecule has 1 aromatic carbocycles. The average molecular weight is 434 g/mol. The Morgan fingerprint density at radius 3 is 2.20 bits per heavy atom. The Kier molecular flexibility index (Phi) is 6.65. The van der Waals surface area contributed by atoms with Gasteiger partial charge in [0.15, 0.2) is 0 Å². The molecule has 0 unspecified atom stereocenters. The molecule has 0 atom stereocenters. The van der Waals surface area contributed by atoms with E-state index < -0.39 is 10.0 Å². The van der Waals surface area contributed by atoms with Gasteiger partial charge in [-0.1, -0.05) is 12.1 Å². The van der Waals surface area contributed by atoms with Crippen molar-refractivity contribution in [1.82, 2.24) is 14.2 Å². The molecule has 6 nitrogen and oxygen atoms in total. The first kappa shape index (κ1) is 21.2. The molecule has 0 aliphatic carbocycles. The van der Waals surface area contributed by atoms with Crippen LogP contribution in [0, 0.1) is 5.82 Å². The SMILES string of the molecule is O=S(=O)(Cc1ccc(F)cc1)N1CCC(N2CCC(Oc3ccncc3)CC2)CC1. The van der Waals surface area contributed by atoms with Gasteiger partial charge in [-0.25, -0.2) is 17.1 Å². The maximum absolute atomic E-state index is 13.1. The summed E-state index contributed by atoms with van der Waals surface area (Å²) in [7, 11) is -3.38. The van der Waals surface area contributed by atoms with Crippen LogP contribution >= 0.6 is 0 Å². The number of hydrogen-bond acceptors (Lipinski definition) is 5. The van der Waals surface area contributed by atoms with E-state index >= 15 is 0 Å². The molecule has 30 heavy (non-hydrogen) atoms. The Hall–Kier alpha value is -2.03. The van der Waals surface area contributed by atoms with Crippen LogP contribution in [0.3, 0.4) is 0 Å². The number of aromatic nitrogens is 1. The molecule has 2 aliphatic rings. The lowest BCUT2D eigenvalue weighted by Crippen LogP contribution is -2.50. The summed E-state index contributed by atoms with van der Waals surface area (Å²) >= 11 is 0. The van der Waals surface area contributed by atoms with Gasteiger partial charge < -0.3 is 9.64 Å². The second-order valence-electron chi connectivity index (χ2n) is 8.05. The normalized spacial score (nSPS) is 20.3. The van der Waals surface area contributed by atoms with Crippen LogP contribution in [0.4, 0.5) is 4.39 Å². The largest absolute Gasteiger partial charge is 0.490 e. The van der Waals surface area contributed by atoms with Crippen LogP contribution in [0.1, 0.15) is 31.2 Å². The van der Waals surface area contributed by atoms with Crippen molar-refractivity contribution >= 4 is 10.0 Å². The van der Waals surface area contributed by atoms with Gasteiger partial charge in [0.2, 0.25) is 10.0 Å². The third-order valence-electron chi connectivity index (χ3n) is 6.02. The van der Waals surface area contributed by atoms with Crippen LogP contribution < -0.4 is 4.74 Å². The summed E-state index contributed by atoms with van der Waals surface area (Å²) in [6, 6.07) is 9.88. The van der Waals surface area contributed by atoms with Crippen LogP contribution in [0.5, 0.6) is 5.75 Å². The molecule has 3 heterocycles. The zero-order valence-electron chi connectivity index (χ0n) is 17.0. The summed E-state index contributed by atoms with van der Waals surface area (Å²) < 4.78 is 46.2. The third kappa shape index (κ3) is 5.36. The lowest BCUT2D eigenvalue weighted by molar-refractivity contribution is 0.0585. The number of pyridine rings is 1. The standard InChI is InChI=1S/C22H28FN3O3S/c23-19-3-1-18(2-4-19)17-30(27,28)26-15-7-20(8-16-26)25-13-9-22(10-14-25)29-21-5-11-24-12-6-21/h1-6,11-12,20,22H,7-10,13-17H2. The minimum atomic E-state index is -3.38. The van der Waals surface area contributed by atoms with E-state index in [1.165, 1.54) is 24.3 Å². The highest BCUT2D eigenvalue weighted by molar-refractivity contribution is 7.88. The first-order valence-electron chi connectivity index (χ1n) is 10.5. The highest BCUT2D eigenvalue weighted by Gasteiger charge is 2.32. The summed E-state index contributed by atoms with van der Waals surface area (Å²) in [6.45, 7) is 3.04. The molecule has 0 radical (unpaired) electrons. The van der Waals surface area contributed by atoms with Gasteiger partial charge in [-0.05, 0) is 55.5 Å². The van der Waals surface area contributed by atoms with Crippen LogP contribution in [0.15, 0.2) is 48.8 Å². The van der Waals surface area contributed by atoms with Crippen LogP contribution in [0.25, 0.3) is 0 Å². The minimum Gasteiger partial charge on any atom is -0.490 e. The van der Waals surface area contributed by atoms with Gasteiger partial charge in [-0.15, -0.1) is 0 Å². The molecule has 0 N–H and O–H groups in total. The quantitative estimate of drug-likeness (QED) is 0.701. The molecular weight excluding hydrogens is 405 g/mol. The zero-order valence-corrected chi connectivity index (χ0v) is 17.8. The third-order valence-corrected chi connectivity index (χ3v) is 7.87. The monoisotopic (exact) mass is 433 g/mol. The van der Waals surface area contributed by atoms with Crippen molar-refractivity contribution in [1.29, 1.82) is 0 Å². The molecule has 0 bridgehead atoms. The number of sulfonamides is 1. The molecule has 0 amide bonds. The molecule has 1 aromatic heterocycles. The summed E-state index contributed by atoms with van der Waals surface area (Å²) in [5, 5.41) is 0. The van der Waals surface area contributed by atoms with Gasteiger partial charge in [-0.3, -0.25) is 4.98 Å². The molecule has 2 fully saturated rings. The van der Waals surface area contributed by atoms with Crippen LogP contribution in [0.2, 0.25) is 0 Å². The van der Waals surface area contributed by atoms with Gasteiger partial charge in [-0.2, -0.15) is 0 Å². The predicted octanol–water partition coefficient (Wildman–Crippen LogP) is 3.06. The smallest absolute Gasteiger partial charge is 0.218 e. The predicted molar refractivity (Wildman–Crippen MR) is 113 cm³/mol. The van der Waals surface area contributed by atoms with Crippen molar-refractivity contribution in [3.8, 4) is 5.75 Å². The number of halogens is 1. The lowest BCUT2D eigenvalue weighted by atomic mass is 10.00. The second kappa shape index (κ2) is 9.41. The van der Waals surface area contributed by atoms with Gasteiger partial charge in [0.25, 0.3) is 0 Å². The Labute approximate surface area is 177 Å². The van der Waals surface area contributed by atoms with Gasteiger partial charge in [0.05, 0.1) is 5.75 Å².